The Morgan fingerprint density at radius 2 is 2.08 bits per heavy atom. The van der Waals surface area contributed by atoms with Crippen molar-refractivity contribution >= 4 is 17.5 Å². The summed E-state index contributed by atoms with van der Waals surface area (Å²) in [7, 11) is 3.28. The first kappa shape index (κ1) is 17.5. The number of nitrogens with zero attached hydrogens (tertiary/aromatic N) is 2. The van der Waals surface area contributed by atoms with Crippen LogP contribution in [0.4, 0.5) is 5.69 Å². The molecule has 2 amide bonds. The maximum Gasteiger partial charge on any atom is 0.253 e. The topological polar surface area (TPSA) is 88.3 Å². The lowest BCUT2D eigenvalue weighted by molar-refractivity contribution is -0.121. The molecule has 0 aliphatic carbocycles. The van der Waals surface area contributed by atoms with Crippen LogP contribution in [0.3, 0.4) is 0 Å². The summed E-state index contributed by atoms with van der Waals surface area (Å²) in [6.45, 7) is 1.84. The van der Waals surface area contributed by atoms with Crippen LogP contribution in [-0.4, -0.2) is 41.8 Å². The van der Waals surface area contributed by atoms with E-state index in [2.05, 4.69) is 10.3 Å². The summed E-state index contributed by atoms with van der Waals surface area (Å²) in [5.74, 6) is -0.241. The molecule has 0 unspecified atom stereocenters. The van der Waals surface area contributed by atoms with Crippen LogP contribution < -0.4 is 11.1 Å². The molecule has 0 fully saturated rings. The molecule has 0 aliphatic rings. The summed E-state index contributed by atoms with van der Waals surface area (Å²) in [5.41, 5.74) is 8.75. The summed E-state index contributed by atoms with van der Waals surface area (Å²) < 4.78 is 0. The first-order valence-corrected chi connectivity index (χ1v) is 7.71. The molecule has 1 aromatic heterocycles. The molecule has 2 aromatic rings. The maximum atomic E-state index is 12.7. The van der Waals surface area contributed by atoms with Crippen LogP contribution in [0.15, 0.2) is 42.7 Å². The molecule has 1 heterocycles. The van der Waals surface area contributed by atoms with E-state index in [1.807, 2.05) is 19.1 Å². The predicted molar refractivity (Wildman–Crippen MR) is 94.3 cm³/mol. The lowest BCUT2D eigenvalue weighted by atomic mass is 10.0. The fourth-order valence-corrected chi connectivity index (χ4v) is 2.38. The molecule has 0 saturated carbocycles. The molecular formula is C18H22N4O2. The molecule has 0 radical (unpaired) electrons. The number of nitrogen functional groups attached to an aromatic ring is 1. The standard InChI is InChI=1S/C18H22N4O2/c1-12(9-17(23)20-2)22(3)18(24)14-6-4-5-13(10-14)15-11-21-8-7-16(15)19/h4-8,10-12H,9H2,1-3H3,(H2,19,21)(H,20,23)/t12-/m0/s1. The van der Waals surface area contributed by atoms with Gasteiger partial charge in [0.05, 0.1) is 0 Å². The third-order valence-electron chi connectivity index (χ3n) is 4.02. The monoisotopic (exact) mass is 326 g/mol. The lowest BCUT2D eigenvalue weighted by Gasteiger charge is -2.24. The van der Waals surface area contributed by atoms with E-state index in [4.69, 9.17) is 5.73 Å². The average Bonchev–Trinajstić information content (AvgIpc) is 2.60. The van der Waals surface area contributed by atoms with Gasteiger partial charge in [0.2, 0.25) is 5.91 Å². The number of rotatable bonds is 5. The molecule has 24 heavy (non-hydrogen) atoms. The van der Waals surface area contributed by atoms with Gasteiger partial charge in [0.15, 0.2) is 0 Å². The largest absolute Gasteiger partial charge is 0.398 e. The SMILES string of the molecule is CNC(=O)C[C@H](C)N(C)C(=O)c1cccc(-c2cnccc2N)c1. The van der Waals surface area contributed by atoms with E-state index >= 15 is 0 Å². The smallest absolute Gasteiger partial charge is 0.253 e. The highest BCUT2D eigenvalue weighted by Gasteiger charge is 2.20. The molecule has 126 valence electrons. The molecule has 0 spiro atoms. The Kier molecular flexibility index (Phi) is 5.52. The number of anilines is 1. The van der Waals surface area contributed by atoms with Crippen LogP contribution in [0, 0.1) is 0 Å². The zero-order chi connectivity index (χ0) is 17.7. The van der Waals surface area contributed by atoms with Crippen LogP contribution >= 0.6 is 0 Å². The van der Waals surface area contributed by atoms with Crippen LogP contribution in [0.25, 0.3) is 11.1 Å². The Hall–Kier alpha value is -2.89. The first-order valence-electron chi connectivity index (χ1n) is 7.71. The summed E-state index contributed by atoms with van der Waals surface area (Å²) in [6.07, 6.45) is 3.56. The third kappa shape index (κ3) is 3.90. The summed E-state index contributed by atoms with van der Waals surface area (Å²) in [4.78, 5) is 29.8. The zero-order valence-electron chi connectivity index (χ0n) is 14.1. The van der Waals surface area contributed by atoms with Crippen molar-refractivity contribution in [2.24, 2.45) is 0 Å². The van der Waals surface area contributed by atoms with Gasteiger partial charge in [0, 0.05) is 55.8 Å². The van der Waals surface area contributed by atoms with Gasteiger partial charge in [-0.05, 0) is 30.7 Å². The van der Waals surface area contributed by atoms with Crippen molar-refractivity contribution in [2.45, 2.75) is 19.4 Å². The van der Waals surface area contributed by atoms with Crippen LogP contribution in [0.1, 0.15) is 23.7 Å². The molecule has 0 bridgehead atoms. The summed E-state index contributed by atoms with van der Waals surface area (Å²) in [6, 6.07) is 8.76. The number of carbonyl (C=O) groups is 2. The van der Waals surface area contributed by atoms with Gasteiger partial charge in [-0.25, -0.2) is 0 Å². The fraction of sp³-hybridized carbons (Fsp3) is 0.278. The number of nitrogens with one attached hydrogen (secondary N) is 1. The van der Waals surface area contributed by atoms with Crippen molar-refractivity contribution in [1.82, 2.24) is 15.2 Å². The van der Waals surface area contributed by atoms with E-state index in [0.717, 1.165) is 11.1 Å². The zero-order valence-corrected chi connectivity index (χ0v) is 14.1. The lowest BCUT2D eigenvalue weighted by Crippen LogP contribution is -2.38. The number of carbonyl (C=O) groups excluding carboxylic acids is 2. The van der Waals surface area contributed by atoms with Gasteiger partial charge in [0.25, 0.3) is 5.91 Å². The summed E-state index contributed by atoms with van der Waals surface area (Å²) >= 11 is 0. The van der Waals surface area contributed by atoms with Crippen molar-refractivity contribution in [1.29, 1.82) is 0 Å². The Morgan fingerprint density at radius 1 is 1.33 bits per heavy atom. The molecular weight excluding hydrogens is 304 g/mol. The predicted octanol–water partition coefficient (Wildman–Crippen LogP) is 1.93. The molecule has 6 nitrogen and oxygen atoms in total. The quantitative estimate of drug-likeness (QED) is 0.879. The number of pyridine rings is 1. The van der Waals surface area contributed by atoms with Crippen molar-refractivity contribution in [3.63, 3.8) is 0 Å². The number of aromatic nitrogens is 1. The van der Waals surface area contributed by atoms with E-state index in [1.165, 1.54) is 0 Å². The minimum atomic E-state index is -0.204. The van der Waals surface area contributed by atoms with Gasteiger partial charge in [-0.3, -0.25) is 14.6 Å². The van der Waals surface area contributed by atoms with Gasteiger partial charge in [-0.2, -0.15) is 0 Å². The minimum absolute atomic E-state index is 0.0981. The normalized spacial score (nSPS) is 11.6. The summed E-state index contributed by atoms with van der Waals surface area (Å²) in [5, 5.41) is 2.57. The van der Waals surface area contributed by atoms with E-state index in [0.29, 0.717) is 11.3 Å². The van der Waals surface area contributed by atoms with Crippen LogP contribution in [0.5, 0.6) is 0 Å². The Balaban J connectivity index is 2.23. The Labute approximate surface area is 141 Å². The van der Waals surface area contributed by atoms with Crippen LogP contribution in [0.2, 0.25) is 0 Å². The highest BCUT2D eigenvalue weighted by atomic mass is 16.2. The first-order chi connectivity index (χ1) is 11.4. The van der Waals surface area contributed by atoms with E-state index in [-0.39, 0.29) is 24.3 Å². The highest BCUT2D eigenvalue weighted by molar-refractivity contribution is 5.96. The number of benzene rings is 1. The Bertz CT molecular complexity index is 745. The maximum absolute atomic E-state index is 12.7. The van der Waals surface area contributed by atoms with E-state index in [9.17, 15) is 9.59 Å². The number of hydrogen-bond acceptors (Lipinski definition) is 4. The molecule has 3 N–H and O–H groups in total. The fourth-order valence-electron chi connectivity index (χ4n) is 2.38. The van der Waals surface area contributed by atoms with Gasteiger partial charge in [-0.15, -0.1) is 0 Å². The van der Waals surface area contributed by atoms with Gasteiger partial charge < -0.3 is 16.0 Å². The van der Waals surface area contributed by atoms with E-state index in [1.54, 1.807) is 49.6 Å². The number of hydrogen-bond donors (Lipinski definition) is 2. The van der Waals surface area contributed by atoms with Gasteiger partial charge in [-0.1, -0.05) is 12.1 Å². The molecule has 1 aromatic carbocycles. The minimum Gasteiger partial charge on any atom is -0.398 e. The van der Waals surface area contributed by atoms with Crippen molar-refractivity contribution in [3.05, 3.63) is 48.3 Å². The molecule has 2 rings (SSSR count). The molecule has 0 saturated heterocycles. The number of nitrogens with two attached hydrogens (primary N) is 1. The van der Waals surface area contributed by atoms with Crippen molar-refractivity contribution in [2.75, 3.05) is 19.8 Å². The van der Waals surface area contributed by atoms with E-state index < -0.39 is 0 Å². The molecule has 1 atom stereocenters. The Morgan fingerprint density at radius 3 is 2.75 bits per heavy atom. The third-order valence-corrected chi connectivity index (χ3v) is 4.02. The average molecular weight is 326 g/mol. The second-order valence-corrected chi connectivity index (χ2v) is 5.69. The van der Waals surface area contributed by atoms with Crippen molar-refractivity contribution < 1.29 is 9.59 Å². The second-order valence-electron chi connectivity index (χ2n) is 5.69. The second kappa shape index (κ2) is 7.59. The number of amides is 2. The van der Waals surface area contributed by atoms with Gasteiger partial charge in [0.1, 0.15) is 0 Å². The molecule has 6 heteroatoms. The molecule has 0 aliphatic heterocycles. The highest BCUT2D eigenvalue weighted by Crippen LogP contribution is 2.25. The van der Waals surface area contributed by atoms with Gasteiger partial charge >= 0.3 is 0 Å². The van der Waals surface area contributed by atoms with Crippen molar-refractivity contribution in [3.8, 4) is 11.1 Å². The van der Waals surface area contributed by atoms with Crippen LogP contribution in [-0.2, 0) is 4.79 Å².